The van der Waals surface area contributed by atoms with E-state index in [9.17, 15) is 9.50 Å². The van der Waals surface area contributed by atoms with Gasteiger partial charge in [0.1, 0.15) is 25.4 Å². The highest BCUT2D eigenvalue weighted by atomic mass is 35.5. The second kappa shape index (κ2) is 3.30. The Bertz CT molecular complexity index is 201. The molecule has 0 unspecified atom stereocenters. The summed E-state index contributed by atoms with van der Waals surface area (Å²) in [6.07, 6.45) is -3.59. The summed E-state index contributed by atoms with van der Waals surface area (Å²) in [6, 6.07) is 0. The minimum absolute atomic E-state index is 0.553. The lowest BCUT2D eigenvalue weighted by atomic mass is 9.98. The van der Waals surface area contributed by atoms with Crippen molar-refractivity contribution in [2.75, 3.05) is 6.61 Å². The van der Waals surface area contributed by atoms with E-state index in [1.165, 1.54) is 0 Å². The number of aliphatic hydroxyl groups is 4. The van der Waals surface area contributed by atoms with E-state index in [2.05, 4.69) is 4.74 Å². The zero-order valence-electron chi connectivity index (χ0n) is 6.39. The average molecular weight is 216 g/mol. The van der Waals surface area contributed by atoms with Gasteiger partial charge in [-0.2, -0.15) is 0 Å². The van der Waals surface area contributed by atoms with E-state index in [1.54, 1.807) is 0 Å². The van der Waals surface area contributed by atoms with Gasteiger partial charge in [-0.3, -0.25) is 0 Å². The molecule has 5 nitrogen and oxygen atoms in total. The highest BCUT2D eigenvalue weighted by molar-refractivity contribution is 6.24. The van der Waals surface area contributed by atoms with Gasteiger partial charge in [0, 0.05) is 0 Å². The second-order valence-corrected chi connectivity index (χ2v) is 3.33. The summed E-state index contributed by atoms with van der Waals surface area (Å²) in [5.74, 6) is -3.02. The number of alkyl halides is 2. The van der Waals surface area contributed by atoms with Crippen molar-refractivity contribution >= 4 is 11.6 Å². The summed E-state index contributed by atoms with van der Waals surface area (Å²) in [5, 5.41) is 32.9. The van der Waals surface area contributed by atoms with E-state index in [0.717, 1.165) is 0 Å². The van der Waals surface area contributed by atoms with Crippen LogP contribution in [-0.4, -0.2) is 50.2 Å². The second-order valence-electron chi connectivity index (χ2n) is 2.75. The molecule has 1 aliphatic heterocycles. The topological polar surface area (TPSA) is 90.2 Å². The lowest BCUT2D eigenvalue weighted by Crippen LogP contribution is -2.65. The van der Waals surface area contributed by atoms with Crippen LogP contribution in [0.4, 0.5) is 4.39 Å². The first-order chi connectivity index (χ1) is 5.85. The normalized spacial score (nSPS) is 52.2. The highest BCUT2D eigenvalue weighted by Crippen LogP contribution is 2.40. The van der Waals surface area contributed by atoms with Crippen molar-refractivity contribution in [3.05, 3.63) is 6.61 Å². The van der Waals surface area contributed by atoms with E-state index in [1.807, 2.05) is 0 Å². The van der Waals surface area contributed by atoms with Gasteiger partial charge in [0.2, 0.25) is 5.06 Å². The van der Waals surface area contributed by atoms with Crippen molar-refractivity contribution in [1.29, 1.82) is 0 Å². The molecule has 1 heterocycles. The number of hydrogen-bond acceptors (Lipinski definition) is 5. The first-order valence-electron chi connectivity index (χ1n) is 3.43. The summed E-state index contributed by atoms with van der Waals surface area (Å²) >= 11 is 5.19. The summed E-state index contributed by atoms with van der Waals surface area (Å²) < 4.78 is 17.5. The van der Waals surface area contributed by atoms with Crippen molar-refractivity contribution in [2.24, 2.45) is 0 Å². The van der Waals surface area contributed by atoms with Crippen LogP contribution < -0.4 is 0 Å². The average Bonchev–Trinajstić information content (AvgIpc) is 2.09. The summed E-state index contributed by atoms with van der Waals surface area (Å²) in [4.78, 5) is 0. The molecule has 0 amide bonds. The van der Waals surface area contributed by atoms with Crippen LogP contribution in [0.25, 0.3) is 0 Å². The van der Waals surface area contributed by atoms with Crippen LogP contribution in [0.15, 0.2) is 0 Å². The molecule has 0 aromatic carbocycles. The molecule has 1 saturated heterocycles. The van der Waals surface area contributed by atoms with Gasteiger partial charge in [0.05, 0.1) is 0 Å². The molecule has 7 heteroatoms. The first-order valence-corrected chi connectivity index (χ1v) is 3.81. The Balaban J connectivity index is 2.92. The minimum Gasteiger partial charge on any atom is -0.390 e. The smallest absolute Gasteiger partial charge is 0.278 e. The molecule has 0 aromatic rings. The first kappa shape index (κ1) is 11.1. The third-order valence-electron chi connectivity index (χ3n) is 1.84. The molecule has 0 aliphatic carbocycles. The maximum atomic E-state index is 13.3. The van der Waals surface area contributed by atoms with Crippen LogP contribution in [-0.2, 0) is 4.74 Å². The maximum absolute atomic E-state index is 13.3. The van der Waals surface area contributed by atoms with Gasteiger partial charge in [0.15, 0.2) is 0 Å². The van der Waals surface area contributed by atoms with Gasteiger partial charge in [0.25, 0.3) is 5.85 Å². The predicted molar refractivity (Wildman–Crippen MR) is 39.1 cm³/mol. The Morgan fingerprint density at radius 3 is 2.54 bits per heavy atom. The minimum atomic E-state index is -3.02. The fraction of sp³-hybridized carbons (Fsp3) is 0.833. The van der Waals surface area contributed by atoms with Crippen LogP contribution in [0, 0.1) is 6.61 Å². The SMILES string of the molecule is OC[C@@]1(F)O[CH][C@H](O)[C@@H](O)[C@@]1(O)Cl. The predicted octanol–water partition coefficient (Wildman–Crippen LogP) is -1.51. The van der Waals surface area contributed by atoms with Gasteiger partial charge in [-0.25, -0.2) is 4.39 Å². The van der Waals surface area contributed by atoms with Crippen LogP contribution in [0.5, 0.6) is 0 Å². The monoisotopic (exact) mass is 215 g/mol. The Morgan fingerprint density at radius 1 is 1.54 bits per heavy atom. The van der Waals surface area contributed by atoms with Crippen LogP contribution in [0.2, 0.25) is 0 Å². The standard InChI is InChI=1S/C6H9ClFO5/c7-6(12)4(11)3(10)1-13-5(6,8)2-9/h1,3-4,9-12H,2H2/t3-,4+,5+,6-/m0/s1. The molecular weight excluding hydrogens is 207 g/mol. The Morgan fingerprint density at radius 2 is 2.08 bits per heavy atom. The molecule has 1 radical (unpaired) electrons. The molecule has 0 bridgehead atoms. The molecule has 1 rings (SSSR count). The molecule has 4 N–H and O–H groups in total. The Kier molecular flexibility index (Phi) is 2.82. The van der Waals surface area contributed by atoms with E-state index in [0.29, 0.717) is 6.61 Å². The van der Waals surface area contributed by atoms with E-state index < -0.39 is 29.7 Å². The molecule has 4 atom stereocenters. The van der Waals surface area contributed by atoms with E-state index in [-0.39, 0.29) is 0 Å². The van der Waals surface area contributed by atoms with Crippen molar-refractivity contribution in [3.63, 3.8) is 0 Å². The molecule has 1 aliphatic rings. The van der Waals surface area contributed by atoms with Crippen molar-refractivity contribution in [3.8, 4) is 0 Å². The fourth-order valence-corrected chi connectivity index (χ4v) is 1.16. The molecule has 0 spiro atoms. The molecule has 13 heavy (non-hydrogen) atoms. The quantitative estimate of drug-likeness (QED) is 0.399. The molecule has 1 fully saturated rings. The summed E-state index contributed by atoms with van der Waals surface area (Å²) in [7, 11) is 0. The number of halogens is 2. The molecule has 0 saturated carbocycles. The number of aliphatic hydroxyl groups excluding tert-OH is 3. The zero-order valence-corrected chi connectivity index (χ0v) is 7.15. The third-order valence-corrected chi connectivity index (χ3v) is 2.34. The van der Waals surface area contributed by atoms with Gasteiger partial charge in [-0.05, 0) is 0 Å². The lowest BCUT2D eigenvalue weighted by Gasteiger charge is -2.43. The van der Waals surface area contributed by atoms with Crippen molar-refractivity contribution in [2.45, 2.75) is 23.1 Å². The van der Waals surface area contributed by atoms with Crippen molar-refractivity contribution < 1.29 is 29.6 Å². The number of ether oxygens (including phenoxy) is 1. The highest BCUT2D eigenvalue weighted by Gasteiger charge is 2.61. The molecule has 77 valence electrons. The maximum Gasteiger partial charge on any atom is 0.278 e. The van der Waals surface area contributed by atoms with Crippen molar-refractivity contribution in [1.82, 2.24) is 0 Å². The van der Waals surface area contributed by atoms with Crippen LogP contribution in [0.3, 0.4) is 0 Å². The molecular formula is C6H9ClFO5. The number of hydrogen-bond donors (Lipinski definition) is 4. The van der Waals surface area contributed by atoms with E-state index in [4.69, 9.17) is 26.9 Å². The summed E-state index contributed by atoms with van der Waals surface area (Å²) in [6.45, 7) is -0.689. The van der Waals surface area contributed by atoms with Gasteiger partial charge in [-0.15, -0.1) is 0 Å². The summed E-state index contributed by atoms with van der Waals surface area (Å²) in [5.41, 5.74) is 0. The Labute approximate surface area is 78.3 Å². The van der Waals surface area contributed by atoms with Gasteiger partial charge in [-0.1, -0.05) is 11.6 Å². The fourth-order valence-electron chi connectivity index (χ4n) is 0.930. The largest absolute Gasteiger partial charge is 0.390 e. The third kappa shape index (κ3) is 1.54. The van der Waals surface area contributed by atoms with Gasteiger partial charge < -0.3 is 25.2 Å². The van der Waals surface area contributed by atoms with Crippen LogP contribution >= 0.6 is 11.6 Å². The Hall–Kier alpha value is 0.0200. The van der Waals surface area contributed by atoms with E-state index >= 15 is 0 Å². The zero-order chi connectivity index (χ0) is 10.3. The van der Waals surface area contributed by atoms with Gasteiger partial charge >= 0.3 is 0 Å². The van der Waals surface area contributed by atoms with Crippen LogP contribution in [0.1, 0.15) is 0 Å². The molecule has 0 aromatic heterocycles. The number of rotatable bonds is 1. The lowest BCUT2D eigenvalue weighted by molar-refractivity contribution is -0.295.